The number of aromatic amines is 1. The molecule has 1 atom stereocenters. The van der Waals surface area contributed by atoms with Crippen molar-refractivity contribution < 1.29 is 4.79 Å². The van der Waals surface area contributed by atoms with E-state index in [2.05, 4.69) is 31.0 Å². The number of nitrogens with one attached hydrogen (secondary N) is 2. The van der Waals surface area contributed by atoms with Gasteiger partial charge in [-0.3, -0.25) is 9.48 Å². The van der Waals surface area contributed by atoms with Crippen molar-refractivity contribution in [3.8, 4) is 0 Å². The van der Waals surface area contributed by atoms with Gasteiger partial charge in [-0.25, -0.2) is 0 Å². The molecule has 21 heavy (non-hydrogen) atoms. The van der Waals surface area contributed by atoms with E-state index in [-0.39, 0.29) is 18.5 Å². The zero-order valence-electron chi connectivity index (χ0n) is 12.0. The van der Waals surface area contributed by atoms with Gasteiger partial charge in [-0.05, 0) is 25.3 Å². The summed E-state index contributed by atoms with van der Waals surface area (Å²) in [6.45, 7) is 2.26. The average Bonchev–Trinajstić information content (AvgIpc) is 3.00. The fraction of sp³-hybridized carbons (Fsp3) is 0.615. The number of hydrogen-bond acceptors (Lipinski definition) is 5. The molecule has 1 aliphatic carbocycles. The van der Waals surface area contributed by atoms with Crippen LogP contribution in [0.15, 0.2) is 12.3 Å². The van der Waals surface area contributed by atoms with Crippen molar-refractivity contribution in [2.24, 2.45) is 0 Å². The standard InChI is InChI=1S/C13H19N7O/c1-2-10(7-12-15-18-19-16-12)14-13(21)8-20-6-5-11(17-20)9-3-4-9/h5-6,9-10H,2-4,7-8H2,1H3,(H,14,21)(H,15,16,18,19). The van der Waals surface area contributed by atoms with Crippen LogP contribution in [0.1, 0.15) is 43.6 Å². The van der Waals surface area contributed by atoms with Crippen molar-refractivity contribution in [3.05, 3.63) is 23.8 Å². The third-order valence-electron chi connectivity index (χ3n) is 3.64. The van der Waals surface area contributed by atoms with Crippen LogP contribution >= 0.6 is 0 Å². The van der Waals surface area contributed by atoms with Crippen molar-refractivity contribution in [1.82, 2.24) is 35.7 Å². The highest BCUT2D eigenvalue weighted by Crippen LogP contribution is 2.38. The molecule has 1 fully saturated rings. The molecule has 1 amide bonds. The Balaban J connectivity index is 1.51. The van der Waals surface area contributed by atoms with Crippen LogP contribution in [-0.4, -0.2) is 42.4 Å². The Bertz CT molecular complexity index is 587. The van der Waals surface area contributed by atoms with E-state index in [1.165, 1.54) is 12.8 Å². The molecule has 2 aromatic rings. The topological polar surface area (TPSA) is 101 Å². The Labute approximate surface area is 122 Å². The van der Waals surface area contributed by atoms with Crippen LogP contribution in [0.4, 0.5) is 0 Å². The molecule has 0 aromatic carbocycles. The Morgan fingerprint density at radius 1 is 1.57 bits per heavy atom. The Morgan fingerprint density at radius 3 is 3.10 bits per heavy atom. The average molecular weight is 289 g/mol. The van der Waals surface area contributed by atoms with Crippen LogP contribution in [0.2, 0.25) is 0 Å². The van der Waals surface area contributed by atoms with E-state index in [1.807, 2.05) is 19.2 Å². The first kappa shape index (κ1) is 13.7. The highest BCUT2D eigenvalue weighted by Gasteiger charge is 2.26. The fourth-order valence-electron chi connectivity index (χ4n) is 2.27. The van der Waals surface area contributed by atoms with Gasteiger partial charge in [0.2, 0.25) is 5.91 Å². The molecule has 2 aromatic heterocycles. The largest absolute Gasteiger partial charge is 0.351 e. The van der Waals surface area contributed by atoms with Crippen molar-refractivity contribution >= 4 is 5.91 Å². The first-order valence-electron chi connectivity index (χ1n) is 7.29. The van der Waals surface area contributed by atoms with Gasteiger partial charge in [-0.1, -0.05) is 12.1 Å². The van der Waals surface area contributed by atoms with Gasteiger partial charge in [0.15, 0.2) is 5.82 Å². The van der Waals surface area contributed by atoms with Gasteiger partial charge in [0, 0.05) is 24.6 Å². The molecule has 0 spiro atoms. The molecular formula is C13H19N7O. The highest BCUT2D eigenvalue weighted by atomic mass is 16.2. The lowest BCUT2D eigenvalue weighted by atomic mass is 10.1. The van der Waals surface area contributed by atoms with Gasteiger partial charge >= 0.3 is 0 Å². The van der Waals surface area contributed by atoms with Gasteiger partial charge in [-0.15, -0.1) is 10.2 Å². The number of hydrogen-bond donors (Lipinski definition) is 2. The lowest BCUT2D eigenvalue weighted by molar-refractivity contribution is -0.122. The molecule has 2 N–H and O–H groups in total. The number of amides is 1. The number of tetrazole rings is 1. The minimum Gasteiger partial charge on any atom is -0.351 e. The second-order valence-corrected chi connectivity index (χ2v) is 5.42. The van der Waals surface area contributed by atoms with Crippen molar-refractivity contribution in [1.29, 1.82) is 0 Å². The van der Waals surface area contributed by atoms with Crippen LogP contribution < -0.4 is 5.32 Å². The van der Waals surface area contributed by atoms with E-state index in [0.29, 0.717) is 18.2 Å². The zero-order valence-corrected chi connectivity index (χ0v) is 12.0. The van der Waals surface area contributed by atoms with Gasteiger partial charge in [-0.2, -0.15) is 10.3 Å². The van der Waals surface area contributed by atoms with Crippen molar-refractivity contribution in [3.63, 3.8) is 0 Å². The SMILES string of the molecule is CCC(Cc1nn[nH]n1)NC(=O)Cn1ccc(C2CC2)n1. The predicted molar refractivity (Wildman–Crippen MR) is 74.3 cm³/mol. The number of nitrogens with zero attached hydrogens (tertiary/aromatic N) is 5. The molecule has 0 radical (unpaired) electrons. The molecule has 3 rings (SSSR count). The molecule has 2 heterocycles. The summed E-state index contributed by atoms with van der Waals surface area (Å²) in [6.07, 6.45) is 5.68. The van der Waals surface area contributed by atoms with E-state index >= 15 is 0 Å². The van der Waals surface area contributed by atoms with E-state index in [9.17, 15) is 4.79 Å². The summed E-state index contributed by atoms with van der Waals surface area (Å²) in [6, 6.07) is 2.01. The smallest absolute Gasteiger partial charge is 0.241 e. The lowest BCUT2D eigenvalue weighted by Gasteiger charge is -2.15. The summed E-state index contributed by atoms with van der Waals surface area (Å²) in [5.41, 5.74) is 1.10. The first-order chi connectivity index (χ1) is 10.2. The predicted octanol–water partition coefficient (Wildman–Crippen LogP) is 0.411. The van der Waals surface area contributed by atoms with Crippen LogP contribution in [0.25, 0.3) is 0 Å². The first-order valence-corrected chi connectivity index (χ1v) is 7.29. The molecule has 1 saturated carbocycles. The molecule has 8 heteroatoms. The second-order valence-electron chi connectivity index (χ2n) is 5.42. The minimum absolute atomic E-state index is 0.00793. The molecular weight excluding hydrogens is 270 g/mol. The summed E-state index contributed by atoms with van der Waals surface area (Å²) in [7, 11) is 0. The summed E-state index contributed by atoms with van der Waals surface area (Å²) in [5.74, 6) is 1.17. The summed E-state index contributed by atoms with van der Waals surface area (Å²) in [5, 5.41) is 21.2. The Hall–Kier alpha value is -2.25. The minimum atomic E-state index is -0.0456. The molecule has 0 saturated heterocycles. The van der Waals surface area contributed by atoms with E-state index in [4.69, 9.17) is 0 Å². The molecule has 8 nitrogen and oxygen atoms in total. The maximum absolute atomic E-state index is 12.1. The molecule has 112 valence electrons. The molecule has 1 unspecified atom stereocenters. The van der Waals surface area contributed by atoms with Crippen molar-refractivity contribution in [2.75, 3.05) is 0 Å². The monoisotopic (exact) mass is 289 g/mol. The maximum Gasteiger partial charge on any atom is 0.241 e. The third kappa shape index (κ3) is 3.65. The van der Waals surface area contributed by atoms with Crippen molar-refractivity contribution in [2.45, 2.75) is 51.1 Å². The number of H-pyrrole nitrogens is 1. The molecule has 1 aliphatic rings. The Morgan fingerprint density at radius 2 is 2.43 bits per heavy atom. The second kappa shape index (κ2) is 6.02. The number of aromatic nitrogens is 6. The summed E-state index contributed by atoms with van der Waals surface area (Å²) >= 11 is 0. The fourth-order valence-corrected chi connectivity index (χ4v) is 2.27. The lowest BCUT2D eigenvalue weighted by Crippen LogP contribution is -2.38. The third-order valence-corrected chi connectivity index (χ3v) is 3.64. The summed E-state index contributed by atoms with van der Waals surface area (Å²) in [4.78, 5) is 12.1. The quantitative estimate of drug-likeness (QED) is 0.768. The van der Waals surface area contributed by atoms with Crippen LogP contribution in [0.3, 0.4) is 0 Å². The number of carbonyl (C=O) groups excluding carboxylic acids is 1. The van der Waals surface area contributed by atoms with Crippen LogP contribution in [0.5, 0.6) is 0 Å². The summed E-state index contributed by atoms with van der Waals surface area (Å²) < 4.78 is 1.70. The van der Waals surface area contributed by atoms with E-state index in [0.717, 1.165) is 12.1 Å². The zero-order chi connectivity index (χ0) is 14.7. The van der Waals surface area contributed by atoms with E-state index in [1.54, 1.807) is 4.68 Å². The van der Waals surface area contributed by atoms with Crippen LogP contribution in [0, 0.1) is 0 Å². The number of carbonyl (C=O) groups is 1. The molecule has 0 bridgehead atoms. The molecule has 0 aliphatic heterocycles. The van der Waals surface area contributed by atoms with Crippen LogP contribution in [-0.2, 0) is 17.8 Å². The normalized spacial score (nSPS) is 15.9. The van der Waals surface area contributed by atoms with Gasteiger partial charge in [0.1, 0.15) is 6.54 Å². The number of rotatable bonds is 7. The Kier molecular flexibility index (Phi) is 3.94. The van der Waals surface area contributed by atoms with Gasteiger partial charge < -0.3 is 5.32 Å². The van der Waals surface area contributed by atoms with Gasteiger partial charge in [0.05, 0.1) is 5.69 Å². The maximum atomic E-state index is 12.1. The van der Waals surface area contributed by atoms with E-state index < -0.39 is 0 Å². The van der Waals surface area contributed by atoms with Gasteiger partial charge in [0.25, 0.3) is 0 Å². The highest BCUT2D eigenvalue weighted by molar-refractivity contribution is 5.75.